The van der Waals surface area contributed by atoms with Crippen molar-refractivity contribution < 1.29 is 0 Å². The Hall–Kier alpha value is -2.74. The van der Waals surface area contributed by atoms with Gasteiger partial charge in [0.05, 0.1) is 15.6 Å². The molecule has 3 heterocycles. The predicted octanol–water partition coefficient (Wildman–Crippen LogP) is 4.15. The van der Waals surface area contributed by atoms with Crippen LogP contribution in [-0.2, 0) is 13.0 Å². The molecule has 2 aromatic carbocycles. The van der Waals surface area contributed by atoms with E-state index in [0.29, 0.717) is 12.4 Å². The number of hydrogen-bond donors (Lipinski definition) is 1. The first-order chi connectivity index (χ1) is 13.7. The summed E-state index contributed by atoms with van der Waals surface area (Å²) < 4.78 is 0.718. The van der Waals surface area contributed by atoms with Crippen LogP contribution in [-0.4, -0.2) is 21.5 Å². The minimum absolute atomic E-state index is 0.112. The van der Waals surface area contributed by atoms with E-state index in [4.69, 9.17) is 9.97 Å². The van der Waals surface area contributed by atoms with E-state index in [1.807, 2.05) is 54.6 Å². The van der Waals surface area contributed by atoms with Crippen molar-refractivity contribution >= 4 is 39.3 Å². The van der Waals surface area contributed by atoms with Crippen molar-refractivity contribution in [2.24, 2.45) is 0 Å². The summed E-state index contributed by atoms with van der Waals surface area (Å²) in [5, 5.41) is 1.01. The fourth-order valence-electron chi connectivity index (χ4n) is 3.69. The minimum atomic E-state index is 0.112. The van der Waals surface area contributed by atoms with Crippen LogP contribution in [0.25, 0.3) is 22.3 Å². The average molecular weight is 480 g/mol. The molecule has 0 fully saturated rings. The summed E-state index contributed by atoms with van der Waals surface area (Å²) in [5.74, 6) is 1.59. The first-order valence-corrected chi connectivity index (χ1v) is 10.2. The molecule has 0 unspecified atom stereocenters. The van der Waals surface area contributed by atoms with Gasteiger partial charge in [-0.2, -0.15) is 0 Å². The van der Waals surface area contributed by atoms with Crippen molar-refractivity contribution in [2.45, 2.75) is 13.0 Å². The van der Waals surface area contributed by atoms with E-state index in [1.54, 1.807) is 6.20 Å². The van der Waals surface area contributed by atoms with Crippen LogP contribution in [0.1, 0.15) is 11.3 Å². The van der Waals surface area contributed by atoms with Crippen LogP contribution >= 0.6 is 22.6 Å². The van der Waals surface area contributed by atoms with Crippen LogP contribution < -0.4 is 10.3 Å². The third kappa shape index (κ3) is 2.97. The molecule has 0 saturated carbocycles. The SMILES string of the molecule is O=c1c(I)c[nH]c2c1CN(c1nc(-c3ccccc3)nc3ccccc13)CC2. The second kappa shape index (κ2) is 7.01. The Balaban J connectivity index is 1.66. The molecule has 1 aliphatic rings. The van der Waals surface area contributed by atoms with Crippen LogP contribution in [0, 0.1) is 3.57 Å². The third-order valence-electron chi connectivity index (χ3n) is 5.12. The molecule has 28 heavy (non-hydrogen) atoms. The predicted molar refractivity (Wildman–Crippen MR) is 120 cm³/mol. The monoisotopic (exact) mass is 480 g/mol. The van der Waals surface area contributed by atoms with E-state index >= 15 is 0 Å². The lowest BCUT2D eigenvalue weighted by Crippen LogP contribution is -2.36. The molecule has 2 aromatic heterocycles. The van der Waals surface area contributed by atoms with Crippen molar-refractivity contribution in [3.05, 3.63) is 85.8 Å². The first kappa shape index (κ1) is 17.4. The van der Waals surface area contributed by atoms with Gasteiger partial charge in [0.15, 0.2) is 11.3 Å². The minimum Gasteiger partial charge on any atom is -0.363 e. The van der Waals surface area contributed by atoms with Crippen molar-refractivity contribution in [2.75, 3.05) is 11.4 Å². The Morgan fingerprint density at radius 1 is 1.00 bits per heavy atom. The summed E-state index contributed by atoms with van der Waals surface area (Å²) in [4.78, 5) is 27.8. The lowest BCUT2D eigenvalue weighted by atomic mass is 10.0. The number of halogens is 1. The molecule has 0 spiro atoms. The molecular weight excluding hydrogens is 463 g/mol. The summed E-state index contributed by atoms with van der Waals surface area (Å²) in [6.45, 7) is 1.36. The summed E-state index contributed by atoms with van der Waals surface area (Å²) in [6, 6.07) is 18.1. The number of pyridine rings is 1. The van der Waals surface area contributed by atoms with Crippen LogP contribution in [0.3, 0.4) is 0 Å². The standard InChI is InChI=1S/C22H17IN4O/c23-17-12-24-18-10-11-27(13-16(18)20(17)28)22-15-8-4-5-9-19(15)25-21(26-22)14-6-2-1-3-7-14/h1-9,12H,10-11,13H2,(H,24,28). The molecule has 5 nitrogen and oxygen atoms in total. The number of rotatable bonds is 2. The van der Waals surface area contributed by atoms with E-state index < -0.39 is 0 Å². The van der Waals surface area contributed by atoms with Gasteiger partial charge in [0, 0.05) is 41.4 Å². The van der Waals surface area contributed by atoms with Crippen molar-refractivity contribution in [1.82, 2.24) is 15.0 Å². The van der Waals surface area contributed by atoms with E-state index in [9.17, 15) is 4.79 Å². The van der Waals surface area contributed by atoms with Gasteiger partial charge in [-0.3, -0.25) is 4.79 Å². The molecule has 0 radical (unpaired) electrons. The van der Waals surface area contributed by atoms with E-state index in [2.05, 4.69) is 32.5 Å². The van der Waals surface area contributed by atoms with Gasteiger partial charge in [0.25, 0.3) is 0 Å². The van der Waals surface area contributed by atoms with Gasteiger partial charge in [0.1, 0.15) is 5.82 Å². The lowest BCUT2D eigenvalue weighted by Gasteiger charge is -2.30. The number of fused-ring (bicyclic) bond motifs is 2. The Morgan fingerprint density at radius 2 is 1.79 bits per heavy atom. The molecule has 0 bridgehead atoms. The maximum Gasteiger partial charge on any atom is 0.200 e. The van der Waals surface area contributed by atoms with Crippen molar-refractivity contribution in [3.8, 4) is 11.4 Å². The van der Waals surface area contributed by atoms with Gasteiger partial charge in [-0.1, -0.05) is 42.5 Å². The van der Waals surface area contributed by atoms with Crippen LogP contribution in [0.15, 0.2) is 65.6 Å². The quantitative estimate of drug-likeness (QED) is 0.438. The Bertz CT molecular complexity index is 1240. The second-order valence-electron chi connectivity index (χ2n) is 6.85. The summed E-state index contributed by atoms with van der Waals surface area (Å²) in [5.41, 5.74) is 3.87. The van der Waals surface area contributed by atoms with Gasteiger partial charge in [-0.25, -0.2) is 9.97 Å². The highest BCUT2D eigenvalue weighted by Crippen LogP contribution is 2.30. The molecular formula is C22H17IN4O. The van der Waals surface area contributed by atoms with Crippen molar-refractivity contribution in [1.29, 1.82) is 0 Å². The summed E-state index contributed by atoms with van der Waals surface area (Å²) in [7, 11) is 0. The van der Waals surface area contributed by atoms with E-state index in [1.165, 1.54) is 0 Å². The molecule has 5 rings (SSSR count). The maximum absolute atomic E-state index is 12.7. The molecule has 4 aromatic rings. The van der Waals surface area contributed by atoms with Crippen LogP contribution in [0.4, 0.5) is 5.82 Å². The highest BCUT2D eigenvalue weighted by Gasteiger charge is 2.23. The van der Waals surface area contributed by atoms with Crippen LogP contribution in [0.2, 0.25) is 0 Å². The topological polar surface area (TPSA) is 61.9 Å². The molecule has 1 N–H and O–H groups in total. The fourth-order valence-corrected chi connectivity index (χ4v) is 4.17. The highest BCUT2D eigenvalue weighted by atomic mass is 127. The highest BCUT2D eigenvalue weighted by molar-refractivity contribution is 14.1. The zero-order valence-corrected chi connectivity index (χ0v) is 17.2. The van der Waals surface area contributed by atoms with Gasteiger partial charge in [-0.15, -0.1) is 0 Å². The number of aromatic nitrogens is 3. The number of hydrogen-bond acceptors (Lipinski definition) is 4. The van der Waals surface area contributed by atoms with Gasteiger partial charge >= 0.3 is 0 Å². The first-order valence-electron chi connectivity index (χ1n) is 9.17. The zero-order chi connectivity index (χ0) is 19.1. The third-order valence-corrected chi connectivity index (χ3v) is 5.93. The maximum atomic E-state index is 12.7. The molecule has 138 valence electrons. The van der Waals surface area contributed by atoms with Gasteiger partial charge < -0.3 is 9.88 Å². The molecule has 0 amide bonds. The number of H-pyrrole nitrogens is 1. The Labute approximate surface area is 175 Å². The molecule has 6 heteroatoms. The molecule has 0 aliphatic carbocycles. The average Bonchev–Trinajstić information content (AvgIpc) is 2.76. The molecule has 0 saturated heterocycles. The fraction of sp³-hybridized carbons (Fsp3) is 0.136. The number of nitrogens with zero attached hydrogens (tertiary/aromatic N) is 3. The molecule has 0 atom stereocenters. The van der Waals surface area contributed by atoms with Gasteiger partial charge in [0.2, 0.25) is 0 Å². The summed E-state index contributed by atoms with van der Waals surface area (Å²) >= 11 is 2.09. The van der Waals surface area contributed by atoms with Crippen molar-refractivity contribution in [3.63, 3.8) is 0 Å². The largest absolute Gasteiger partial charge is 0.363 e. The van der Waals surface area contributed by atoms with Gasteiger partial charge in [-0.05, 0) is 34.7 Å². The Kier molecular flexibility index (Phi) is 4.35. The Morgan fingerprint density at radius 3 is 2.64 bits per heavy atom. The zero-order valence-electron chi connectivity index (χ0n) is 15.0. The lowest BCUT2D eigenvalue weighted by molar-refractivity contribution is 0.699. The smallest absolute Gasteiger partial charge is 0.200 e. The van der Waals surface area contributed by atoms with Crippen LogP contribution in [0.5, 0.6) is 0 Å². The number of aromatic amines is 1. The number of anilines is 1. The number of para-hydroxylation sites is 1. The number of benzene rings is 2. The summed E-state index contributed by atoms with van der Waals surface area (Å²) in [6.07, 6.45) is 2.59. The van der Waals surface area contributed by atoms with E-state index in [-0.39, 0.29) is 5.43 Å². The normalized spacial score (nSPS) is 13.5. The second-order valence-corrected chi connectivity index (χ2v) is 8.01. The molecule has 1 aliphatic heterocycles. The van der Waals surface area contributed by atoms with E-state index in [0.717, 1.165) is 50.1 Å². The number of nitrogens with one attached hydrogen (secondary N) is 1.